The molecular formula is C16H21NO4. The van der Waals surface area contributed by atoms with Crippen LogP contribution in [-0.2, 0) is 4.79 Å². The molecule has 3 atom stereocenters. The van der Waals surface area contributed by atoms with Gasteiger partial charge in [-0.15, -0.1) is 0 Å². The zero-order chi connectivity index (χ0) is 15.1. The van der Waals surface area contributed by atoms with Gasteiger partial charge in [-0.25, -0.2) is 0 Å². The summed E-state index contributed by atoms with van der Waals surface area (Å²) in [4.78, 5) is 10.9. The van der Waals surface area contributed by atoms with Crippen molar-refractivity contribution in [2.45, 2.75) is 43.6 Å². The van der Waals surface area contributed by atoms with Gasteiger partial charge < -0.3 is 20.3 Å². The molecule has 2 bridgehead atoms. The Kier molecular flexibility index (Phi) is 3.53. The summed E-state index contributed by atoms with van der Waals surface area (Å²) >= 11 is 0. The zero-order valence-corrected chi connectivity index (χ0v) is 12.4. The van der Waals surface area contributed by atoms with Crippen LogP contribution in [0.15, 0.2) is 6.07 Å². The quantitative estimate of drug-likeness (QED) is 0.871. The largest absolute Gasteiger partial charge is 0.496 e. The van der Waals surface area contributed by atoms with Crippen LogP contribution in [0.3, 0.4) is 0 Å². The first kappa shape index (κ1) is 14.2. The van der Waals surface area contributed by atoms with Crippen LogP contribution in [0, 0.1) is 0 Å². The Labute approximate surface area is 124 Å². The minimum Gasteiger partial charge on any atom is -0.496 e. The summed E-state index contributed by atoms with van der Waals surface area (Å²) in [6, 6.07) is 1.28. The number of ether oxygens (including phenoxy) is 2. The van der Waals surface area contributed by atoms with Crippen LogP contribution in [0.5, 0.6) is 11.5 Å². The van der Waals surface area contributed by atoms with Crippen molar-refractivity contribution in [1.29, 1.82) is 0 Å². The number of methoxy groups -OCH3 is 2. The topological polar surface area (TPSA) is 81.8 Å². The summed E-state index contributed by atoms with van der Waals surface area (Å²) in [6.07, 6.45) is 3.37. The van der Waals surface area contributed by atoms with E-state index in [0.717, 1.165) is 29.9 Å². The second-order valence-corrected chi connectivity index (χ2v) is 5.94. The lowest BCUT2D eigenvalue weighted by molar-refractivity contribution is -0.137. The number of nitrogens with two attached hydrogens (primary N) is 1. The number of carbonyl (C=O) groups is 1. The van der Waals surface area contributed by atoms with E-state index in [9.17, 15) is 4.79 Å². The maximum Gasteiger partial charge on any atom is 0.305 e. The first-order chi connectivity index (χ1) is 10.1. The number of carboxylic acids is 1. The minimum atomic E-state index is -0.912. The molecule has 0 radical (unpaired) electrons. The maximum absolute atomic E-state index is 10.9. The van der Waals surface area contributed by atoms with E-state index in [0.29, 0.717) is 11.8 Å². The SMILES string of the molecule is COc1cc(C(N)CC(=O)O)c(OC)c2c1C1CCC2C1. The monoisotopic (exact) mass is 291 g/mol. The van der Waals surface area contributed by atoms with Crippen LogP contribution in [0.1, 0.15) is 60.3 Å². The van der Waals surface area contributed by atoms with Crippen molar-refractivity contribution < 1.29 is 19.4 Å². The third kappa shape index (κ3) is 2.16. The van der Waals surface area contributed by atoms with Crippen molar-refractivity contribution in [3.05, 3.63) is 22.8 Å². The van der Waals surface area contributed by atoms with Crippen molar-refractivity contribution in [2.24, 2.45) is 5.73 Å². The third-order valence-electron chi connectivity index (χ3n) is 4.82. The highest BCUT2D eigenvalue weighted by molar-refractivity contribution is 5.69. The number of hydrogen-bond acceptors (Lipinski definition) is 4. The average Bonchev–Trinajstić information content (AvgIpc) is 3.06. The van der Waals surface area contributed by atoms with E-state index in [2.05, 4.69) is 0 Å². The molecule has 3 rings (SSSR count). The van der Waals surface area contributed by atoms with E-state index in [-0.39, 0.29) is 6.42 Å². The van der Waals surface area contributed by atoms with Gasteiger partial charge in [-0.2, -0.15) is 0 Å². The highest BCUT2D eigenvalue weighted by Crippen LogP contribution is 2.59. The predicted octanol–water partition coefficient (Wildman–Crippen LogP) is 2.54. The molecule has 2 aliphatic rings. The molecule has 21 heavy (non-hydrogen) atoms. The smallest absolute Gasteiger partial charge is 0.305 e. The number of hydrogen-bond donors (Lipinski definition) is 2. The molecule has 1 aromatic carbocycles. The van der Waals surface area contributed by atoms with Gasteiger partial charge >= 0.3 is 5.97 Å². The van der Waals surface area contributed by atoms with Crippen LogP contribution < -0.4 is 15.2 Å². The van der Waals surface area contributed by atoms with E-state index in [1.54, 1.807) is 14.2 Å². The van der Waals surface area contributed by atoms with E-state index in [4.69, 9.17) is 20.3 Å². The highest BCUT2D eigenvalue weighted by atomic mass is 16.5. The first-order valence-corrected chi connectivity index (χ1v) is 7.32. The fraction of sp³-hybridized carbons (Fsp3) is 0.562. The van der Waals surface area contributed by atoms with Gasteiger partial charge in [0, 0.05) is 22.7 Å². The summed E-state index contributed by atoms with van der Waals surface area (Å²) in [5, 5.41) is 8.98. The summed E-state index contributed by atoms with van der Waals surface area (Å²) in [5.41, 5.74) is 9.26. The summed E-state index contributed by atoms with van der Waals surface area (Å²) in [7, 11) is 3.28. The van der Waals surface area contributed by atoms with Crippen LogP contribution in [-0.4, -0.2) is 25.3 Å². The lowest BCUT2D eigenvalue weighted by Gasteiger charge is -2.25. The van der Waals surface area contributed by atoms with E-state index < -0.39 is 12.0 Å². The standard InChI is InChI=1S/C16H21NO4/c1-20-12-6-10(11(17)7-13(18)19)16(21-2)15-9-4-3-8(5-9)14(12)15/h6,8-9,11H,3-5,7,17H2,1-2H3,(H,18,19). The van der Waals surface area contributed by atoms with Crippen molar-refractivity contribution in [3.63, 3.8) is 0 Å². The van der Waals surface area contributed by atoms with Crippen LogP contribution in [0.25, 0.3) is 0 Å². The molecule has 3 unspecified atom stereocenters. The molecule has 1 saturated carbocycles. The zero-order valence-electron chi connectivity index (χ0n) is 12.4. The van der Waals surface area contributed by atoms with E-state index in [1.807, 2.05) is 6.07 Å². The second kappa shape index (κ2) is 5.22. The molecule has 0 amide bonds. The van der Waals surface area contributed by atoms with Gasteiger partial charge in [0.25, 0.3) is 0 Å². The minimum absolute atomic E-state index is 0.119. The van der Waals surface area contributed by atoms with Crippen molar-refractivity contribution in [1.82, 2.24) is 0 Å². The van der Waals surface area contributed by atoms with Crippen LogP contribution in [0.4, 0.5) is 0 Å². The molecule has 0 aromatic heterocycles. The molecule has 1 fully saturated rings. The van der Waals surface area contributed by atoms with Crippen LogP contribution in [0.2, 0.25) is 0 Å². The van der Waals surface area contributed by atoms with Crippen molar-refractivity contribution in [3.8, 4) is 11.5 Å². The Morgan fingerprint density at radius 2 is 2.00 bits per heavy atom. The fourth-order valence-corrected chi connectivity index (χ4v) is 4.00. The fourth-order valence-electron chi connectivity index (χ4n) is 4.00. The lowest BCUT2D eigenvalue weighted by Crippen LogP contribution is -2.18. The van der Waals surface area contributed by atoms with Crippen LogP contribution >= 0.6 is 0 Å². The first-order valence-electron chi connectivity index (χ1n) is 7.32. The van der Waals surface area contributed by atoms with Gasteiger partial charge in [-0.1, -0.05) is 0 Å². The van der Waals surface area contributed by atoms with Gasteiger partial charge in [0.2, 0.25) is 0 Å². The Morgan fingerprint density at radius 1 is 1.33 bits per heavy atom. The molecule has 0 heterocycles. The molecule has 5 heteroatoms. The molecule has 1 aromatic rings. The van der Waals surface area contributed by atoms with Crippen molar-refractivity contribution >= 4 is 5.97 Å². The number of rotatable bonds is 5. The summed E-state index contributed by atoms with van der Waals surface area (Å²) in [6.45, 7) is 0. The van der Waals surface area contributed by atoms with E-state index >= 15 is 0 Å². The maximum atomic E-state index is 10.9. The summed E-state index contributed by atoms with van der Waals surface area (Å²) in [5.74, 6) is 1.72. The summed E-state index contributed by atoms with van der Waals surface area (Å²) < 4.78 is 11.2. The Bertz CT molecular complexity index is 584. The molecule has 5 nitrogen and oxygen atoms in total. The molecule has 0 spiro atoms. The normalized spacial score (nSPS) is 23.8. The number of carboxylic acid groups (broad SMARTS) is 1. The predicted molar refractivity (Wildman–Crippen MR) is 78.1 cm³/mol. The second-order valence-electron chi connectivity index (χ2n) is 5.94. The number of fused-ring (bicyclic) bond motifs is 5. The molecule has 114 valence electrons. The van der Waals surface area contributed by atoms with Gasteiger partial charge in [0.1, 0.15) is 11.5 Å². The highest BCUT2D eigenvalue weighted by Gasteiger charge is 2.42. The van der Waals surface area contributed by atoms with Gasteiger partial charge in [-0.05, 0) is 37.2 Å². The van der Waals surface area contributed by atoms with E-state index in [1.165, 1.54) is 17.5 Å². The van der Waals surface area contributed by atoms with Gasteiger partial charge in [-0.3, -0.25) is 4.79 Å². The number of aliphatic carboxylic acids is 1. The Balaban J connectivity index is 2.13. The van der Waals surface area contributed by atoms with Gasteiger partial charge in [0.15, 0.2) is 0 Å². The lowest BCUT2D eigenvalue weighted by atomic mass is 9.86. The third-order valence-corrected chi connectivity index (χ3v) is 4.82. The molecular weight excluding hydrogens is 270 g/mol. The average molecular weight is 291 g/mol. The molecule has 3 N–H and O–H groups in total. The Hall–Kier alpha value is -1.75. The van der Waals surface area contributed by atoms with Gasteiger partial charge in [0.05, 0.1) is 20.6 Å². The molecule has 0 saturated heterocycles. The Morgan fingerprint density at radius 3 is 2.57 bits per heavy atom. The molecule has 2 aliphatic carbocycles. The van der Waals surface area contributed by atoms with Crippen molar-refractivity contribution in [2.75, 3.05) is 14.2 Å². The molecule has 0 aliphatic heterocycles. The number of benzene rings is 1.